The summed E-state index contributed by atoms with van der Waals surface area (Å²) in [4.78, 5) is 11.5. The van der Waals surface area contributed by atoms with E-state index in [0.29, 0.717) is 17.3 Å². The number of nitrogens with one attached hydrogen (secondary N) is 1. The molecule has 1 fully saturated rings. The summed E-state index contributed by atoms with van der Waals surface area (Å²) in [6, 6.07) is 5.48. The average molecular weight is 311 g/mol. The number of benzene rings is 1. The molecule has 0 spiro atoms. The van der Waals surface area contributed by atoms with Gasteiger partial charge in [0, 0.05) is 11.4 Å². The Hall–Kier alpha value is -1.42. The minimum atomic E-state index is -0.382. The molecule has 116 valence electrons. The number of carbonyl (C=O) groups excluding carboxylic acids is 1. The first kappa shape index (κ1) is 16.0. The fraction of sp³-hybridized carbons (Fsp3) is 0.562. The van der Waals surface area contributed by atoms with Gasteiger partial charge in [-0.15, -0.1) is 11.6 Å². The van der Waals surface area contributed by atoms with Gasteiger partial charge >= 0.3 is 5.97 Å². The molecule has 2 rings (SSSR count). The van der Waals surface area contributed by atoms with Gasteiger partial charge in [0.2, 0.25) is 0 Å². The standard InChI is InChI=1S/C16H23ClN2O2/c1-16(2)8-11(17)7-12(9-16)19-14-5-4-10(6-13(14)18)15(20)21-3/h4-6,11-12,19H,7-9,18H2,1-3H3. The molecular weight excluding hydrogens is 288 g/mol. The number of methoxy groups -OCH3 is 1. The smallest absolute Gasteiger partial charge is 0.337 e. The van der Waals surface area contributed by atoms with Crippen LogP contribution in [0.3, 0.4) is 0 Å². The number of carbonyl (C=O) groups is 1. The minimum absolute atomic E-state index is 0.182. The highest BCUT2D eigenvalue weighted by molar-refractivity contribution is 6.20. The van der Waals surface area contributed by atoms with Crippen molar-refractivity contribution in [2.75, 3.05) is 18.2 Å². The molecule has 0 saturated heterocycles. The lowest BCUT2D eigenvalue weighted by Gasteiger charge is -2.38. The monoisotopic (exact) mass is 310 g/mol. The maximum atomic E-state index is 11.5. The number of nitrogen functional groups attached to an aromatic ring is 1. The molecule has 0 bridgehead atoms. The lowest BCUT2D eigenvalue weighted by molar-refractivity contribution is 0.0601. The molecule has 1 aliphatic rings. The van der Waals surface area contributed by atoms with E-state index in [9.17, 15) is 4.79 Å². The Labute approximate surface area is 131 Å². The molecule has 0 heterocycles. The van der Waals surface area contributed by atoms with Gasteiger partial charge in [0.15, 0.2) is 0 Å². The molecule has 0 aromatic heterocycles. The summed E-state index contributed by atoms with van der Waals surface area (Å²) in [6.45, 7) is 4.47. The van der Waals surface area contributed by atoms with E-state index in [1.54, 1.807) is 12.1 Å². The lowest BCUT2D eigenvalue weighted by Crippen LogP contribution is -2.37. The van der Waals surface area contributed by atoms with Gasteiger partial charge in [-0.1, -0.05) is 13.8 Å². The van der Waals surface area contributed by atoms with Crippen molar-refractivity contribution >= 4 is 28.9 Å². The summed E-state index contributed by atoms with van der Waals surface area (Å²) >= 11 is 6.36. The summed E-state index contributed by atoms with van der Waals surface area (Å²) in [5.74, 6) is -0.382. The lowest BCUT2D eigenvalue weighted by atomic mass is 9.75. The molecule has 0 amide bonds. The van der Waals surface area contributed by atoms with Crippen molar-refractivity contribution in [1.82, 2.24) is 0 Å². The largest absolute Gasteiger partial charge is 0.465 e. The Kier molecular flexibility index (Phi) is 4.67. The molecule has 1 aromatic carbocycles. The fourth-order valence-corrected chi connectivity index (χ4v) is 3.73. The second-order valence-corrected chi connectivity index (χ2v) is 7.16. The first-order valence-electron chi connectivity index (χ1n) is 7.19. The van der Waals surface area contributed by atoms with Crippen molar-refractivity contribution in [1.29, 1.82) is 0 Å². The third-order valence-corrected chi connectivity index (χ3v) is 4.28. The predicted molar refractivity (Wildman–Crippen MR) is 86.9 cm³/mol. The second kappa shape index (κ2) is 6.14. The van der Waals surface area contributed by atoms with Crippen LogP contribution in [0.4, 0.5) is 11.4 Å². The highest BCUT2D eigenvalue weighted by Crippen LogP contribution is 2.39. The van der Waals surface area contributed by atoms with Gasteiger partial charge in [-0.3, -0.25) is 0 Å². The molecule has 21 heavy (non-hydrogen) atoms. The zero-order valence-corrected chi connectivity index (χ0v) is 13.5. The summed E-state index contributed by atoms with van der Waals surface area (Å²) in [5.41, 5.74) is 8.10. The number of anilines is 2. The van der Waals surface area contributed by atoms with Crippen molar-refractivity contribution < 1.29 is 9.53 Å². The molecule has 3 N–H and O–H groups in total. The van der Waals surface area contributed by atoms with Gasteiger partial charge in [-0.25, -0.2) is 4.79 Å². The predicted octanol–water partition coefficient (Wildman–Crippen LogP) is 3.65. The number of nitrogens with two attached hydrogens (primary N) is 1. The van der Waals surface area contributed by atoms with Crippen molar-refractivity contribution in [2.45, 2.75) is 44.5 Å². The first-order chi connectivity index (χ1) is 9.80. The number of rotatable bonds is 3. The van der Waals surface area contributed by atoms with Crippen LogP contribution in [-0.4, -0.2) is 24.5 Å². The van der Waals surface area contributed by atoms with Crippen LogP contribution >= 0.6 is 11.6 Å². The number of ether oxygens (including phenoxy) is 1. The molecule has 2 atom stereocenters. The van der Waals surface area contributed by atoms with Gasteiger partial charge in [-0.05, 0) is 42.9 Å². The van der Waals surface area contributed by atoms with Crippen molar-refractivity contribution in [2.24, 2.45) is 5.41 Å². The highest BCUT2D eigenvalue weighted by atomic mass is 35.5. The van der Waals surface area contributed by atoms with E-state index in [0.717, 1.165) is 24.9 Å². The number of hydrogen-bond donors (Lipinski definition) is 2. The number of esters is 1. The summed E-state index contributed by atoms with van der Waals surface area (Å²) in [7, 11) is 1.36. The van der Waals surface area contributed by atoms with Crippen LogP contribution in [0.2, 0.25) is 0 Å². The third kappa shape index (κ3) is 4.03. The van der Waals surface area contributed by atoms with E-state index >= 15 is 0 Å². The van der Waals surface area contributed by atoms with Crippen LogP contribution in [0.25, 0.3) is 0 Å². The maximum Gasteiger partial charge on any atom is 0.337 e. The normalized spacial score (nSPS) is 24.4. The fourth-order valence-electron chi connectivity index (χ4n) is 3.09. The highest BCUT2D eigenvalue weighted by Gasteiger charge is 2.33. The molecule has 0 radical (unpaired) electrons. The topological polar surface area (TPSA) is 64.3 Å². The number of hydrogen-bond acceptors (Lipinski definition) is 4. The molecule has 2 unspecified atom stereocenters. The van der Waals surface area contributed by atoms with E-state index in [1.165, 1.54) is 7.11 Å². The molecule has 1 aromatic rings. The summed E-state index contributed by atoms with van der Waals surface area (Å²) in [5, 5.41) is 3.64. The minimum Gasteiger partial charge on any atom is -0.465 e. The van der Waals surface area contributed by atoms with Gasteiger partial charge in [0.25, 0.3) is 0 Å². The SMILES string of the molecule is COC(=O)c1ccc(NC2CC(Cl)CC(C)(C)C2)c(N)c1. The Morgan fingerprint density at radius 1 is 1.43 bits per heavy atom. The third-order valence-electron chi connectivity index (χ3n) is 3.95. The van der Waals surface area contributed by atoms with Gasteiger partial charge < -0.3 is 15.8 Å². The zero-order chi connectivity index (χ0) is 15.6. The van der Waals surface area contributed by atoms with Crippen LogP contribution in [0, 0.1) is 5.41 Å². The van der Waals surface area contributed by atoms with E-state index in [2.05, 4.69) is 19.2 Å². The van der Waals surface area contributed by atoms with E-state index in [1.807, 2.05) is 6.07 Å². The Morgan fingerprint density at radius 2 is 2.14 bits per heavy atom. The number of alkyl halides is 1. The Morgan fingerprint density at radius 3 is 2.71 bits per heavy atom. The van der Waals surface area contributed by atoms with E-state index < -0.39 is 0 Å². The summed E-state index contributed by atoms with van der Waals surface area (Å²) < 4.78 is 4.69. The van der Waals surface area contributed by atoms with Crippen molar-refractivity contribution in [3.8, 4) is 0 Å². The van der Waals surface area contributed by atoms with Gasteiger partial charge in [0.05, 0.1) is 24.0 Å². The van der Waals surface area contributed by atoms with Crippen LogP contribution in [0.5, 0.6) is 0 Å². The first-order valence-corrected chi connectivity index (χ1v) is 7.63. The van der Waals surface area contributed by atoms with Crippen molar-refractivity contribution in [3.05, 3.63) is 23.8 Å². The summed E-state index contributed by atoms with van der Waals surface area (Å²) in [6.07, 6.45) is 3.00. The molecular formula is C16H23ClN2O2. The number of halogens is 1. The Bertz CT molecular complexity index is 531. The van der Waals surface area contributed by atoms with Crippen LogP contribution < -0.4 is 11.1 Å². The van der Waals surface area contributed by atoms with Crippen LogP contribution in [0.1, 0.15) is 43.5 Å². The second-order valence-electron chi connectivity index (χ2n) is 6.54. The van der Waals surface area contributed by atoms with E-state index in [-0.39, 0.29) is 16.8 Å². The average Bonchev–Trinajstić information content (AvgIpc) is 2.37. The van der Waals surface area contributed by atoms with Crippen LogP contribution in [-0.2, 0) is 4.74 Å². The van der Waals surface area contributed by atoms with Gasteiger partial charge in [0.1, 0.15) is 0 Å². The molecule has 5 heteroatoms. The van der Waals surface area contributed by atoms with E-state index in [4.69, 9.17) is 22.1 Å². The Balaban J connectivity index is 2.11. The molecule has 4 nitrogen and oxygen atoms in total. The molecule has 1 saturated carbocycles. The van der Waals surface area contributed by atoms with Crippen molar-refractivity contribution in [3.63, 3.8) is 0 Å². The molecule has 1 aliphatic carbocycles. The van der Waals surface area contributed by atoms with Gasteiger partial charge in [-0.2, -0.15) is 0 Å². The molecule has 0 aliphatic heterocycles. The quantitative estimate of drug-likeness (QED) is 0.508. The van der Waals surface area contributed by atoms with Crippen LogP contribution in [0.15, 0.2) is 18.2 Å². The maximum absolute atomic E-state index is 11.5. The zero-order valence-electron chi connectivity index (χ0n) is 12.8.